The lowest BCUT2D eigenvalue weighted by atomic mass is 9.89. The summed E-state index contributed by atoms with van der Waals surface area (Å²) in [5.74, 6) is 0.163. The molecule has 0 bridgehead atoms. The second-order valence-corrected chi connectivity index (χ2v) is 6.65. The normalized spacial score (nSPS) is 15.5. The number of hydrogen-bond donors (Lipinski definition) is 0. The van der Waals surface area contributed by atoms with E-state index in [1.54, 1.807) is 23.1 Å². The molecule has 128 valence electrons. The molecule has 0 spiro atoms. The van der Waals surface area contributed by atoms with E-state index in [0.717, 1.165) is 11.1 Å². The summed E-state index contributed by atoms with van der Waals surface area (Å²) in [6, 6.07) is 16.8. The highest BCUT2D eigenvalue weighted by molar-refractivity contribution is 6.30. The van der Waals surface area contributed by atoms with Crippen LogP contribution in [-0.2, 0) is 4.79 Å². The van der Waals surface area contributed by atoms with Crippen LogP contribution in [0.5, 0.6) is 0 Å². The van der Waals surface area contributed by atoms with Gasteiger partial charge in [0.05, 0.1) is 0 Å². The van der Waals surface area contributed by atoms with Gasteiger partial charge in [0, 0.05) is 35.7 Å². The number of Topliss-reactive ketones (excluding diaryl/α,β-unsaturated/α-hetero) is 1. The molecule has 0 unspecified atom stereocenters. The number of amides is 1. The Morgan fingerprint density at radius 3 is 2.40 bits per heavy atom. The molecule has 2 aromatic rings. The van der Waals surface area contributed by atoms with Crippen molar-refractivity contribution >= 4 is 29.4 Å². The van der Waals surface area contributed by atoms with Gasteiger partial charge in [0.2, 0.25) is 5.91 Å². The van der Waals surface area contributed by atoms with Gasteiger partial charge in [-0.2, -0.15) is 0 Å². The van der Waals surface area contributed by atoms with Crippen LogP contribution in [-0.4, -0.2) is 29.7 Å². The maximum Gasteiger partial charge on any atom is 0.246 e. The van der Waals surface area contributed by atoms with Crippen molar-refractivity contribution in [2.75, 3.05) is 13.1 Å². The number of rotatable bonds is 4. The summed E-state index contributed by atoms with van der Waals surface area (Å²) in [5, 5.41) is 0.648. The van der Waals surface area contributed by atoms with E-state index in [9.17, 15) is 9.59 Å². The average Bonchev–Trinajstić information content (AvgIpc) is 2.66. The molecule has 2 aromatic carbocycles. The molecule has 0 N–H and O–H groups in total. The summed E-state index contributed by atoms with van der Waals surface area (Å²) in [4.78, 5) is 26.6. The Morgan fingerprint density at radius 1 is 1.00 bits per heavy atom. The Balaban J connectivity index is 1.55. The molecule has 0 aromatic heterocycles. The maximum absolute atomic E-state index is 12.5. The minimum atomic E-state index is -0.0226. The Labute approximate surface area is 152 Å². The van der Waals surface area contributed by atoms with Gasteiger partial charge < -0.3 is 4.90 Å². The zero-order valence-corrected chi connectivity index (χ0v) is 14.7. The number of hydrogen-bond acceptors (Lipinski definition) is 2. The molecule has 1 aliphatic heterocycles. The zero-order valence-electron chi connectivity index (χ0n) is 13.9. The molecule has 25 heavy (non-hydrogen) atoms. The van der Waals surface area contributed by atoms with Crippen LogP contribution in [0.2, 0.25) is 5.02 Å². The van der Waals surface area contributed by atoms with E-state index in [1.165, 1.54) is 0 Å². The molecular weight excluding hydrogens is 334 g/mol. The highest BCUT2D eigenvalue weighted by Gasteiger charge is 2.27. The number of nitrogens with zero attached hydrogens (tertiary/aromatic N) is 1. The van der Waals surface area contributed by atoms with Crippen molar-refractivity contribution < 1.29 is 9.59 Å². The van der Waals surface area contributed by atoms with Crippen LogP contribution in [0.3, 0.4) is 0 Å². The van der Waals surface area contributed by atoms with Crippen molar-refractivity contribution in [2.45, 2.75) is 12.8 Å². The largest absolute Gasteiger partial charge is 0.339 e. The first kappa shape index (κ1) is 17.4. The summed E-state index contributed by atoms with van der Waals surface area (Å²) < 4.78 is 0. The van der Waals surface area contributed by atoms with Crippen LogP contribution in [0, 0.1) is 5.92 Å². The molecule has 1 aliphatic rings. The molecule has 1 saturated heterocycles. The predicted molar refractivity (Wildman–Crippen MR) is 101 cm³/mol. The smallest absolute Gasteiger partial charge is 0.246 e. The third-order valence-corrected chi connectivity index (χ3v) is 4.74. The first-order valence-corrected chi connectivity index (χ1v) is 8.83. The van der Waals surface area contributed by atoms with Gasteiger partial charge in [-0.05, 0) is 36.6 Å². The van der Waals surface area contributed by atoms with Crippen LogP contribution in [0.15, 0.2) is 60.7 Å². The van der Waals surface area contributed by atoms with Crippen LogP contribution in [0.4, 0.5) is 0 Å². The van der Waals surface area contributed by atoms with Crippen LogP contribution < -0.4 is 0 Å². The van der Waals surface area contributed by atoms with Crippen molar-refractivity contribution in [3.63, 3.8) is 0 Å². The van der Waals surface area contributed by atoms with Crippen LogP contribution >= 0.6 is 11.6 Å². The first-order valence-electron chi connectivity index (χ1n) is 8.45. The zero-order chi connectivity index (χ0) is 17.6. The predicted octanol–water partition coefficient (Wildman–Crippen LogP) is 4.47. The third kappa shape index (κ3) is 4.58. The van der Waals surface area contributed by atoms with E-state index in [4.69, 9.17) is 11.6 Å². The molecule has 0 aliphatic carbocycles. The number of halogens is 1. The number of benzene rings is 2. The highest BCUT2D eigenvalue weighted by atomic mass is 35.5. The fourth-order valence-electron chi connectivity index (χ4n) is 3.08. The van der Waals surface area contributed by atoms with Gasteiger partial charge in [-0.15, -0.1) is 0 Å². The molecule has 1 amide bonds. The van der Waals surface area contributed by atoms with Crippen molar-refractivity contribution in [3.05, 3.63) is 76.8 Å². The van der Waals surface area contributed by atoms with E-state index in [-0.39, 0.29) is 17.6 Å². The standard InChI is InChI=1S/C21H20ClNO2/c22-19-8-4-5-16(15-19)9-10-20(24)23-13-11-18(12-14-23)21(25)17-6-2-1-3-7-17/h1-10,15,18H,11-14H2/b10-9+. The quantitative estimate of drug-likeness (QED) is 0.600. The molecular formula is C21H20ClNO2. The number of carbonyl (C=O) groups excluding carboxylic acids is 2. The second kappa shape index (κ2) is 8.13. The number of likely N-dealkylation sites (tertiary alicyclic amines) is 1. The third-order valence-electron chi connectivity index (χ3n) is 4.50. The number of piperidine rings is 1. The van der Waals surface area contributed by atoms with Gasteiger partial charge in [0.1, 0.15) is 0 Å². The van der Waals surface area contributed by atoms with Crippen molar-refractivity contribution in [1.29, 1.82) is 0 Å². The lowest BCUT2D eigenvalue weighted by molar-refractivity contribution is -0.127. The van der Waals surface area contributed by atoms with E-state index < -0.39 is 0 Å². The fraction of sp³-hybridized carbons (Fsp3) is 0.238. The van der Waals surface area contributed by atoms with Gasteiger partial charge in [0.25, 0.3) is 0 Å². The summed E-state index contributed by atoms with van der Waals surface area (Å²) in [6.07, 6.45) is 4.77. The average molecular weight is 354 g/mol. The molecule has 1 heterocycles. The number of ketones is 1. The van der Waals surface area contributed by atoms with Gasteiger partial charge in [0.15, 0.2) is 5.78 Å². The lowest BCUT2D eigenvalue weighted by Gasteiger charge is -2.30. The summed E-state index contributed by atoms with van der Waals surface area (Å²) in [7, 11) is 0. The van der Waals surface area contributed by atoms with Crippen molar-refractivity contribution in [2.24, 2.45) is 5.92 Å². The van der Waals surface area contributed by atoms with Gasteiger partial charge in [-0.1, -0.05) is 54.1 Å². The van der Waals surface area contributed by atoms with Gasteiger partial charge in [-0.25, -0.2) is 0 Å². The minimum Gasteiger partial charge on any atom is -0.339 e. The van der Waals surface area contributed by atoms with E-state index in [0.29, 0.717) is 31.0 Å². The number of carbonyl (C=O) groups is 2. The molecule has 3 rings (SSSR count). The monoisotopic (exact) mass is 353 g/mol. The van der Waals surface area contributed by atoms with Crippen LogP contribution in [0.1, 0.15) is 28.8 Å². The van der Waals surface area contributed by atoms with Crippen molar-refractivity contribution in [1.82, 2.24) is 4.90 Å². The van der Waals surface area contributed by atoms with E-state index >= 15 is 0 Å². The molecule has 0 saturated carbocycles. The summed E-state index contributed by atoms with van der Waals surface area (Å²) >= 11 is 5.94. The van der Waals surface area contributed by atoms with Crippen molar-refractivity contribution in [3.8, 4) is 0 Å². The molecule has 0 radical (unpaired) electrons. The first-order chi connectivity index (χ1) is 12.1. The minimum absolute atomic E-state index is 0.00311. The Morgan fingerprint density at radius 2 is 1.72 bits per heavy atom. The topological polar surface area (TPSA) is 37.4 Å². The SMILES string of the molecule is O=C(c1ccccc1)C1CCN(C(=O)/C=C/c2cccc(Cl)c2)CC1. The fourth-order valence-corrected chi connectivity index (χ4v) is 3.28. The Kier molecular flexibility index (Phi) is 5.67. The molecule has 0 atom stereocenters. The van der Waals surface area contributed by atoms with E-state index in [2.05, 4.69) is 0 Å². The Bertz CT molecular complexity index is 777. The van der Waals surface area contributed by atoms with Gasteiger partial charge >= 0.3 is 0 Å². The molecule has 4 heteroatoms. The summed E-state index contributed by atoms with van der Waals surface area (Å²) in [6.45, 7) is 1.23. The second-order valence-electron chi connectivity index (χ2n) is 6.22. The van der Waals surface area contributed by atoms with Crippen LogP contribution in [0.25, 0.3) is 6.08 Å². The van der Waals surface area contributed by atoms with Gasteiger partial charge in [-0.3, -0.25) is 9.59 Å². The lowest BCUT2D eigenvalue weighted by Crippen LogP contribution is -2.39. The molecule has 3 nitrogen and oxygen atoms in total. The summed E-state index contributed by atoms with van der Waals surface area (Å²) in [5.41, 5.74) is 1.66. The maximum atomic E-state index is 12.5. The van der Waals surface area contributed by atoms with E-state index in [1.807, 2.05) is 48.5 Å². The molecule has 1 fully saturated rings. The Hall–Kier alpha value is -2.39. The highest BCUT2D eigenvalue weighted by Crippen LogP contribution is 2.22.